The molecule has 40 heavy (non-hydrogen) atoms. The van der Waals surface area contributed by atoms with Gasteiger partial charge in [0, 0.05) is 30.6 Å². The summed E-state index contributed by atoms with van der Waals surface area (Å²) in [5, 5.41) is 14.3. The summed E-state index contributed by atoms with van der Waals surface area (Å²) in [5.41, 5.74) is 0.643. The number of hydrogen-bond donors (Lipinski definition) is 1. The minimum absolute atomic E-state index is 0.0246. The van der Waals surface area contributed by atoms with Crippen LogP contribution in [0.5, 0.6) is 0 Å². The molecule has 10 nitrogen and oxygen atoms in total. The summed E-state index contributed by atoms with van der Waals surface area (Å²) in [6.45, 7) is 4.90. The number of hydrogen-bond acceptors (Lipinski definition) is 6. The van der Waals surface area contributed by atoms with E-state index in [9.17, 15) is 28.1 Å². The standard InChI is InChI=1S/C29H34N4O6S/c1-29(2,3)30-28(35)26(18-22-12-7-5-8-13-22)31(20-23-14-9-6-10-15-23)27(34)21-32(40(4,38)39)24-16-11-17-25(19-24)33(36)37/h5-17,19,26H,18,20-21H2,1-4H3,(H,30,35)/t26-/m1/s1. The summed E-state index contributed by atoms with van der Waals surface area (Å²) < 4.78 is 26.5. The molecule has 0 unspecified atom stereocenters. The van der Waals surface area contributed by atoms with Crippen molar-refractivity contribution in [3.05, 3.63) is 106 Å². The normalized spacial score (nSPS) is 12.3. The van der Waals surface area contributed by atoms with Crippen molar-refractivity contribution in [2.24, 2.45) is 0 Å². The zero-order chi connectivity index (χ0) is 29.5. The monoisotopic (exact) mass is 566 g/mol. The van der Waals surface area contributed by atoms with E-state index in [2.05, 4.69) is 5.32 Å². The molecule has 212 valence electrons. The van der Waals surface area contributed by atoms with Gasteiger partial charge in [-0.05, 0) is 38.0 Å². The molecule has 0 fully saturated rings. The van der Waals surface area contributed by atoms with Crippen molar-refractivity contribution in [2.45, 2.75) is 45.3 Å². The Hall–Kier alpha value is -4.25. The number of benzene rings is 3. The lowest BCUT2D eigenvalue weighted by atomic mass is 10.0. The molecule has 0 aliphatic heterocycles. The number of nitro groups is 1. The van der Waals surface area contributed by atoms with E-state index in [1.165, 1.54) is 23.1 Å². The van der Waals surface area contributed by atoms with Crippen LogP contribution in [0.4, 0.5) is 11.4 Å². The molecule has 0 aliphatic rings. The molecule has 0 saturated carbocycles. The van der Waals surface area contributed by atoms with Crippen LogP contribution in [-0.2, 0) is 32.6 Å². The Kier molecular flexibility index (Phi) is 9.65. The number of non-ortho nitro benzene ring substituents is 1. The van der Waals surface area contributed by atoms with Gasteiger partial charge in [0.25, 0.3) is 5.69 Å². The zero-order valence-corrected chi connectivity index (χ0v) is 23.8. The SMILES string of the molecule is CC(C)(C)NC(=O)[C@@H](Cc1ccccc1)N(Cc1ccccc1)C(=O)CN(c1cccc([N+](=O)[O-])c1)S(C)(=O)=O. The van der Waals surface area contributed by atoms with E-state index < -0.39 is 39.0 Å². The van der Waals surface area contributed by atoms with Crippen LogP contribution in [0.1, 0.15) is 31.9 Å². The lowest BCUT2D eigenvalue weighted by molar-refractivity contribution is -0.384. The predicted molar refractivity (Wildman–Crippen MR) is 154 cm³/mol. The molecule has 0 aliphatic carbocycles. The third kappa shape index (κ3) is 8.63. The van der Waals surface area contributed by atoms with E-state index in [0.717, 1.165) is 27.8 Å². The minimum Gasteiger partial charge on any atom is -0.350 e. The number of nitrogens with one attached hydrogen (secondary N) is 1. The summed E-state index contributed by atoms with van der Waals surface area (Å²) in [6, 6.07) is 22.4. The van der Waals surface area contributed by atoms with Crippen LogP contribution in [0.3, 0.4) is 0 Å². The second-order valence-corrected chi connectivity index (χ2v) is 12.4. The highest BCUT2D eigenvalue weighted by Crippen LogP contribution is 2.24. The third-order valence-electron chi connectivity index (χ3n) is 5.97. The zero-order valence-electron chi connectivity index (χ0n) is 23.0. The van der Waals surface area contributed by atoms with Gasteiger partial charge in [0.1, 0.15) is 12.6 Å². The Bertz CT molecular complexity index is 1440. The third-order valence-corrected chi connectivity index (χ3v) is 7.11. The van der Waals surface area contributed by atoms with Crippen molar-refractivity contribution in [1.29, 1.82) is 0 Å². The molecule has 1 atom stereocenters. The fourth-order valence-corrected chi connectivity index (χ4v) is 5.00. The average Bonchev–Trinajstić information content (AvgIpc) is 2.88. The number of carbonyl (C=O) groups is 2. The Morgan fingerprint density at radius 3 is 2.02 bits per heavy atom. The number of nitrogens with zero attached hydrogens (tertiary/aromatic N) is 3. The van der Waals surface area contributed by atoms with Gasteiger partial charge in [-0.2, -0.15) is 0 Å². The highest BCUT2D eigenvalue weighted by atomic mass is 32.2. The maximum atomic E-state index is 14.0. The highest BCUT2D eigenvalue weighted by Gasteiger charge is 2.34. The van der Waals surface area contributed by atoms with Crippen molar-refractivity contribution in [2.75, 3.05) is 17.1 Å². The highest BCUT2D eigenvalue weighted by molar-refractivity contribution is 7.92. The Morgan fingerprint density at radius 2 is 1.50 bits per heavy atom. The van der Waals surface area contributed by atoms with Crippen LogP contribution >= 0.6 is 0 Å². The van der Waals surface area contributed by atoms with Gasteiger partial charge in [-0.15, -0.1) is 0 Å². The molecule has 0 aromatic heterocycles. The van der Waals surface area contributed by atoms with Crippen LogP contribution in [0.2, 0.25) is 0 Å². The maximum Gasteiger partial charge on any atom is 0.271 e. The minimum atomic E-state index is -4.03. The van der Waals surface area contributed by atoms with Crippen LogP contribution in [0.15, 0.2) is 84.9 Å². The summed E-state index contributed by atoms with van der Waals surface area (Å²) in [5.74, 6) is -1.02. The number of rotatable bonds is 11. The number of amides is 2. The van der Waals surface area contributed by atoms with Crippen molar-refractivity contribution in [3.8, 4) is 0 Å². The Morgan fingerprint density at radius 1 is 0.925 bits per heavy atom. The van der Waals surface area contributed by atoms with Crippen molar-refractivity contribution in [1.82, 2.24) is 10.2 Å². The first-order valence-corrected chi connectivity index (χ1v) is 14.5. The number of anilines is 1. The van der Waals surface area contributed by atoms with Gasteiger partial charge < -0.3 is 10.2 Å². The van der Waals surface area contributed by atoms with E-state index >= 15 is 0 Å². The summed E-state index contributed by atoms with van der Waals surface area (Å²) in [4.78, 5) is 39.7. The van der Waals surface area contributed by atoms with Crippen molar-refractivity contribution in [3.63, 3.8) is 0 Å². The fraction of sp³-hybridized carbons (Fsp3) is 0.310. The van der Waals surface area contributed by atoms with E-state index in [0.29, 0.717) is 0 Å². The topological polar surface area (TPSA) is 130 Å². The fourth-order valence-electron chi connectivity index (χ4n) is 4.16. The second-order valence-electron chi connectivity index (χ2n) is 10.5. The molecular formula is C29H34N4O6S. The van der Waals surface area contributed by atoms with Gasteiger partial charge >= 0.3 is 0 Å². The van der Waals surface area contributed by atoms with Gasteiger partial charge in [0.15, 0.2) is 0 Å². The van der Waals surface area contributed by atoms with Gasteiger partial charge in [-0.1, -0.05) is 66.7 Å². The van der Waals surface area contributed by atoms with Gasteiger partial charge in [0.05, 0.1) is 16.9 Å². The van der Waals surface area contributed by atoms with Gasteiger partial charge in [-0.25, -0.2) is 8.42 Å². The quantitative estimate of drug-likeness (QED) is 0.277. The first kappa shape index (κ1) is 30.3. The molecule has 0 bridgehead atoms. The molecular weight excluding hydrogens is 532 g/mol. The molecule has 2 amide bonds. The Labute approximate surface area is 234 Å². The summed E-state index contributed by atoms with van der Waals surface area (Å²) in [6.07, 6.45) is 1.12. The first-order chi connectivity index (χ1) is 18.7. The molecule has 11 heteroatoms. The van der Waals surface area contributed by atoms with E-state index in [1.807, 2.05) is 81.4 Å². The van der Waals surface area contributed by atoms with Crippen LogP contribution in [-0.4, -0.2) is 54.4 Å². The van der Waals surface area contributed by atoms with Crippen LogP contribution in [0, 0.1) is 10.1 Å². The van der Waals surface area contributed by atoms with Gasteiger partial charge in [0.2, 0.25) is 21.8 Å². The molecule has 3 aromatic rings. The summed E-state index contributed by atoms with van der Waals surface area (Å²) in [7, 11) is -4.03. The first-order valence-electron chi connectivity index (χ1n) is 12.7. The van der Waals surface area contributed by atoms with Gasteiger partial charge in [-0.3, -0.25) is 24.0 Å². The maximum absolute atomic E-state index is 14.0. The number of sulfonamides is 1. The smallest absolute Gasteiger partial charge is 0.271 e. The Balaban J connectivity index is 2.07. The number of nitro benzene ring substituents is 1. The molecule has 0 radical (unpaired) electrons. The van der Waals surface area contributed by atoms with Crippen LogP contribution < -0.4 is 9.62 Å². The van der Waals surface area contributed by atoms with E-state index in [4.69, 9.17) is 0 Å². The second kappa shape index (κ2) is 12.7. The lowest BCUT2D eigenvalue weighted by Gasteiger charge is -2.35. The van der Waals surface area contributed by atoms with Crippen LogP contribution in [0.25, 0.3) is 0 Å². The molecule has 0 spiro atoms. The van der Waals surface area contributed by atoms with Crippen molar-refractivity contribution >= 4 is 33.2 Å². The molecule has 0 saturated heterocycles. The lowest BCUT2D eigenvalue weighted by Crippen LogP contribution is -2.56. The predicted octanol–water partition coefficient (Wildman–Crippen LogP) is 3.92. The molecule has 3 aromatic carbocycles. The molecule has 0 heterocycles. The number of carbonyl (C=O) groups excluding carboxylic acids is 2. The molecule has 1 N–H and O–H groups in total. The average molecular weight is 567 g/mol. The van der Waals surface area contributed by atoms with E-state index in [-0.39, 0.29) is 30.2 Å². The largest absolute Gasteiger partial charge is 0.350 e. The summed E-state index contributed by atoms with van der Waals surface area (Å²) >= 11 is 0. The molecule has 3 rings (SSSR count). The van der Waals surface area contributed by atoms with Crippen molar-refractivity contribution < 1.29 is 22.9 Å². The van der Waals surface area contributed by atoms with E-state index in [1.54, 1.807) is 0 Å².